The Bertz CT molecular complexity index is 3840. The highest BCUT2D eigenvalue weighted by atomic mass is 79.9. The number of rotatable bonds is 14. The van der Waals surface area contributed by atoms with Gasteiger partial charge in [0, 0.05) is 119 Å². The number of methoxy groups -OCH3 is 2. The fraction of sp³-hybridized carbons (Fsp3) is 0.309. The third-order valence-corrected chi connectivity index (χ3v) is 15.0. The summed E-state index contributed by atoms with van der Waals surface area (Å²) in [6.07, 6.45) is 9.97. The number of carboxylic acids is 1. The number of amides is 3. The molecule has 0 radical (unpaired) electrons. The number of carbonyl (C=O) groups is 6. The van der Waals surface area contributed by atoms with Crippen molar-refractivity contribution >= 4 is 161 Å². The van der Waals surface area contributed by atoms with Gasteiger partial charge < -0.3 is 46.9 Å². The quantitative estimate of drug-likeness (QED) is 0.0465. The van der Waals surface area contributed by atoms with Crippen LogP contribution in [0.4, 0.5) is 23.5 Å². The van der Waals surface area contributed by atoms with E-state index in [-0.39, 0.29) is 117 Å². The minimum atomic E-state index is -1.03. The number of aliphatic carboxylic acids is 1. The summed E-state index contributed by atoms with van der Waals surface area (Å²) in [7, 11) is 3.11. The largest absolute Gasteiger partial charge is 0.497 e. The molecule has 6 atom stereocenters. The van der Waals surface area contributed by atoms with Gasteiger partial charge in [-0.15, -0.1) is 12.4 Å². The normalized spacial score (nSPS) is 18.0. The first-order chi connectivity index (χ1) is 39.8. The molecule has 12 rings (SSSR count). The van der Waals surface area contributed by atoms with E-state index in [2.05, 4.69) is 110 Å². The third kappa shape index (κ3) is 15.6. The molecule has 452 valence electrons. The van der Waals surface area contributed by atoms with E-state index >= 15 is 0 Å². The first-order valence-electron chi connectivity index (χ1n) is 25.5. The van der Waals surface area contributed by atoms with Crippen molar-refractivity contribution in [1.82, 2.24) is 59.7 Å². The molecule has 0 bridgehead atoms. The number of nitrogens with two attached hydrogens (primary N) is 2. The van der Waals surface area contributed by atoms with Crippen molar-refractivity contribution in [2.45, 2.75) is 84.2 Å². The SMILES string of the molecule is C.CC(=O)c1nn(CC(=O)O)c2ccc(-c3cnc(N)nc3)cc12.COc1cc(Br)nc(NC(=O)[C@@H]2C[C@H]3C[C@H]3N2)c1.COc1cc(Br)nc(NC(=O)[C@@H]2C[C@H]3C[C@H]3N2C(=O)Cn2nc(C(C)=O)c3cc(-c4cnc(N)nc4)ccc32)c1.Cl.S.S=S. The lowest BCUT2D eigenvalue weighted by molar-refractivity contribution is -0.138. The van der Waals surface area contributed by atoms with Gasteiger partial charge in [-0.3, -0.25) is 38.1 Å². The number of pyridine rings is 2. The Morgan fingerprint density at radius 2 is 1.13 bits per heavy atom. The monoisotopic (exact) mass is 1380 g/mol. The van der Waals surface area contributed by atoms with Crippen molar-refractivity contribution in [3.8, 4) is 33.8 Å². The van der Waals surface area contributed by atoms with Crippen molar-refractivity contribution in [2.75, 3.05) is 36.3 Å². The molecule has 2 saturated carbocycles. The van der Waals surface area contributed by atoms with Crippen molar-refractivity contribution in [3.05, 3.63) is 106 Å². The first kappa shape index (κ1) is 67.4. The van der Waals surface area contributed by atoms with Gasteiger partial charge in [0.15, 0.2) is 11.6 Å². The maximum Gasteiger partial charge on any atom is 0.325 e. The Hall–Kier alpha value is -7.74. The molecule has 0 unspecified atom stereocenters. The molecule has 4 aliphatic rings. The number of nitrogens with one attached hydrogen (secondary N) is 3. The van der Waals surface area contributed by atoms with E-state index in [1.807, 2.05) is 18.2 Å². The Balaban J connectivity index is 0.000000219. The van der Waals surface area contributed by atoms with Gasteiger partial charge in [0.25, 0.3) is 0 Å². The van der Waals surface area contributed by atoms with Crippen LogP contribution in [-0.2, 0) is 54.6 Å². The molecule has 2 aromatic carbocycles. The molecule has 31 heteroatoms. The molecule has 3 amide bonds. The molecule has 4 fully saturated rings. The van der Waals surface area contributed by atoms with E-state index in [0.717, 1.165) is 35.1 Å². The van der Waals surface area contributed by atoms with Crippen LogP contribution in [0.1, 0.15) is 67.9 Å². The van der Waals surface area contributed by atoms with Crippen LogP contribution < -0.4 is 36.9 Å². The van der Waals surface area contributed by atoms with E-state index < -0.39 is 12.0 Å². The molecule has 25 nitrogen and oxygen atoms in total. The summed E-state index contributed by atoms with van der Waals surface area (Å²) in [5, 5.41) is 27.7. The number of anilines is 4. The van der Waals surface area contributed by atoms with Crippen LogP contribution >= 0.6 is 57.8 Å². The topological polar surface area (TPSA) is 345 Å². The zero-order chi connectivity index (χ0) is 59.4. The number of halogens is 3. The molecule has 8 aromatic rings. The Labute approximate surface area is 532 Å². The highest BCUT2D eigenvalue weighted by molar-refractivity contribution is 9.10. The second-order valence-electron chi connectivity index (χ2n) is 19.7. The fourth-order valence-corrected chi connectivity index (χ4v) is 10.9. The predicted molar refractivity (Wildman–Crippen MR) is 342 cm³/mol. The number of ketones is 2. The summed E-state index contributed by atoms with van der Waals surface area (Å²) in [5.41, 5.74) is 15.8. The number of fused-ring (bicyclic) bond motifs is 4. The molecular weight excluding hydrogens is 1320 g/mol. The van der Waals surface area contributed by atoms with Gasteiger partial charge in [-0.1, -0.05) is 19.6 Å². The summed E-state index contributed by atoms with van der Waals surface area (Å²) < 4.78 is 14.4. The average Bonchev–Trinajstić information content (AvgIpc) is 1.88. The van der Waals surface area contributed by atoms with Crippen LogP contribution in [-0.4, -0.2) is 133 Å². The minimum Gasteiger partial charge on any atom is -0.497 e. The number of piperidine rings is 2. The second-order valence-corrected chi connectivity index (χ2v) is 21.3. The smallest absolute Gasteiger partial charge is 0.325 e. The molecule has 0 spiro atoms. The lowest BCUT2D eigenvalue weighted by Crippen LogP contribution is -2.46. The van der Waals surface area contributed by atoms with Crippen LogP contribution in [0.15, 0.2) is 94.7 Å². The molecule has 2 saturated heterocycles. The third-order valence-electron chi connectivity index (χ3n) is 14.1. The van der Waals surface area contributed by atoms with E-state index in [1.54, 1.807) is 79.3 Å². The van der Waals surface area contributed by atoms with Crippen LogP contribution in [0.5, 0.6) is 11.5 Å². The molecule has 8 N–H and O–H groups in total. The van der Waals surface area contributed by atoms with Crippen molar-refractivity contribution < 1.29 is 43.3 Å². The lowest BCUT2D eigenvalue weighted by atomic mass is 10.0. The molecule has 2 aliphatic heterocycles. The molecule has 2 aliphatic carbocycles. The Kier molecular flexibility index (Phi) is 22.8. The number of hydrogen-bond acceptors (Lipinski definition) is 21. The van der Waals surface area contributed by atoms with Crippen molar-refractivity contribution in [1.29, 1.82) is 0 Å². The molecule has 86 heavy (non-hydrogen) atoms. The Morgan fingerprint density at radius 3 is 1.56 bits per heavy atom. The van der Waals surface area contributed by atoms with E-state index in [1.165, 1.54) is 36.7 Å². The molecular formula is C55H59Br2ClN16O9S3. The number of ether oxygens (including phenoxy) is 2. The number of nitrogen functional groups attached to an aromatic ring is 2. The number of carboxylic acid groups (broad SMARTS) is 1. The number of aromatic nitrogens is 10. The number of carbonyl (C=O) groups excluding carboxylic acids is 5. The van der Waals surface area contributed by atoms with Crippen molar-refractivity contribution in [2.24, 2.45) is 11.8 Å². The number of hydrogen-bond donors (Lipinski definition) is 6. The highest BCUT2D eigenvalue weighted by Gasteiger charge is 2.56. The fourth-order valence-electron chi connectivity index (χ4n) is 10.1. The van der Waals surface area contributed by atoms with Gasteiger partial charge in [-0.05, 0) is 105 Å². The van der Waals surface area contributed by atoms with Gasteiger partial charge in [0.1, 0.15) is 62.9 Å². The van der Waals surface area contributed by atoms with Gasteiger partial charge in [-0.25, -0.2) is 29.9 Å². The maximum absolute atomic E-state index is 13.6. The van der Waals surface area contributed by atoms with Gasteiger partial charge in [0.05, 0.1) is 31.3 Å². The van der Waals surface area contributed by atoms with Gasteiger partial charge in [0.2, 0.25) is 29.6 Å². The minimum absolute atomic E-state index is 0. The number of nitrogens with zero attached hydrogens (tertiary/aromatic N) is 11. The van der Waals surface area contributed by atoms with Crippen molar-refractivity contribution in [3.63, 3.8) is 0 Å². The summed E-state index contributed by atoms with van der Waals surface area (Å²) in [5.74, 6) is 1.33. The average molecular weight is 1380 g/mol. The van der Waals surface area contributed by atoms with Gasteiger partial charge in [-0.2, -0.15) is 23.7 Å². The predicted octanol–water partition coefficient (Wildman–Crippen LogP) is 7.14. The van der Waals surface area contributed by atoms with E-state index in [0.29, 0.717) is 72.5 Å². The maximum atomic E-state index is 13.6. The lowest BCUT2D eigenvalue weighted by Gasteiger charge is -2.27. The van der Waals surface area contributed by atoms with Crippen LogP contribution in [0.2, 0.25) is 0 Å². The standard InChI is InChI=1S/C27H25BrN8O4.C15H13N5O3.C12H14BrN3O2.CH4.ClH.S2.H2S/c1-13(37)25-18-5-14(16-10-30-27(29)31-11-16)3-4-19(18)35(34-25)12-24(38)36-20-6-15(20)7-21(36)26(39)33-23-9-17(40-2)8-22(28)32-23;1-8(21)14-11-4-9(10-5-17-15(16)18-6-10)2-3-12(11)20(19-14)7-13(22)23;1-18-7-4-10(13)15-11(5-7)16-12(17)9-3-6-2-8(6)14-9;;;1-2;/h3-5,8-11,15,20-21H,6-7,12H2,1-2H3,(H2,29,30,31)(H,32,33,39);2-6H,7H2,1H3,(H,22,23)(H2,16,17,18);4-6,8-9,14H,2-3H2,1H3,(H,15,16,17);1H4;1H;;1H2/t15-,20-,21+;;6-,8-,9+;;;;/m1.1..../s1. The van der Waals surface area contributed by atoms with E-state index in [4.69, 9.17) is 26.0 Å². The molecule has 6 aromatic heterocycles. The van der Waals surface area contributed by atoms with Gasteiger partial charge >= 0.3 is 5.97 Å². The van der Waals surface area contributed by atoms with Crippen LogP contribution in [0.3, 0.4) is 0 Å². The zero-order valence-electron chi connectivity index (χ0n) is 45.6. The zero-order valence-corrected chi connectivity index (χ0v) is 52.2. The first-order valence-corrected chi connectivity index (χ1v) is 28.4. The number of Topliss-reactive ketones (excluding diaryl/α,β-unsaturated/α-hetero) is 2. The summed E-state index contributed by atoms with van der Waals surface area (Å²) in [6, 6.07) is 17.4. The summed E-state index contributed by atoms with van der Waals surface area (Å²) in [4.78, 5) is 100. The highest BCUT2D eigenvalue weighted by Crippen LogP contribution is 2.48. The number of likely N-dealkylation sites (tertiary alicyclic amines) is 1. The summed E-state index contributed by atoms with van der Waals surface area (Å²) in [6.45, 7) is 2.41. The molecule has 8 heterocycles. The summed E-state index contributed by atoms with van der Waals surface area (Å²) >= 11 is 13.9. The second kappa shape index (κ2) is 29.1. The van der Waals surface area contributed by atoms with Crippen LogP contribution in [0, 0.1) is 11.8 Å². The number of benzene rings is 2. The van der Waals surface area contributed by atoms with E-state index in [9.17, 15) is 28.8 Å². The Morgan fingerprint density at radius 1 is 0.663 bits per heavy atom. The van der Waals surface area contributed by atoms with Crippen LogP contribution in [0.25, 0.3) is 44.1 Å².